The zero-order chi connectivity index (χ0) is 9.42. The van der Waals surface area contributed by atoms with Crippen molar-refractivity contribution in [1.29, 1.82) is 0 Å². The van der Waals surface area contributed by atoms with Crippen LogP contribution in [0.2, 0.25) is 0 Å². The van der Waals surface area contributed by atoms with Crippen molar-refractivity contribution in [3.05, 3.63) is 29.7 Å². The molecule has 3 heteroatoms. The molecule has 2 rings (SSSR count). The summed E-state index contributed by atoms with van der Waals surface area (Å²) in [4.78, 5) is 0. The fraction of sp³-hybridized carbons (Fsp3) is 0.300. The van der Waals surface area contributed by atoms with Gasteiger partial charge in [-0.05, 0) is 18.1 Å². The van der Waals surface area contributed by atoms with Gasteiger partial charge in [0.05, 0.1) is 5.69 Å². The van der Waals surface area contributed by atoms with Crippen LogP contribution in [0.25, 0.3) is 11.0 Å². The summed E-state index contributed by atoms with van der Waals surface area (Å²) in [5.74, 6) is 0.00525. The van der Waals surface area contributed by atoms with Gasteiger partial charge in [-0.2, -0.15) is 0 Å². The summed E-state index contributed by atoms with van der Waals surface area (Å²) >= 11 is 0. The minimum Gasteiger partial charge on any atom is -0.356 e. The lowest BCUT2D eigenvalue weighted by Gasteiger charge is -1.97. The van der Waals surface area contributed by atoms with Gasteiger partial charge in [-0.25, -0.2) is 4.39 Å². The molecule has 1 aromatic carbocycles. The van der Waals surface area contributed by atoms with E-state index in [1.807, 2.05) is 13.8 Å². The molecule has 0 spiro atoms. The van der Waals surface area contributed by atoms with Crippen molar-refractivity contribution in [2.24, 2.45) is 0 Å². The van der Waals surface area contributed by atoms with Crippen LogP contribution in [0.1, 0.15) is 25.5 Å². The van der Waals surface area contributed by atoms with Crippen LogP contribution < -0.4 is 0 Å². The molecule has 0 N–H and O–H groups in total. The maximum atomic E-state index is 12.8. The van der Waals surface area contributed by atoms with Crippen LogP contribution in [-0.2, 0) is 0 Å². The van der Waals surface area contributed by atoms with Crippen molar-refractivity contribution >= 4 is 11.0 Å². The third-order valence-corrected chi connectivity index (χ3v) is 2.01. The van der Waals surface area contributed by atoms with Crippen LogP contribution >= 0.6 is 0 Å². The van der Waals surface area contributed by atoms with Crippen molar-refractivity contribution in [2.45, 2.75) is 19.8 Å². The molecule has 0 saturated heterocycles. The molecule has 1 aromatic heterocycles. The molecule has 68 valence electrons. The molecule has 0 fully saturated rings. The molecule has 0 bridgehead atoms. The molecule has 0 unspecified atom stereocenters. The van der Waals surface area contributed by atoms with E-state index in [1.165, 1.54) is 12.1 Å². The van der Waals surface area contributed by atoms with Crippen molar-refractivity contribution in [3.63, 3.8) is 0 Å². The summed E-state index contributed by atoms with van der Waals surface area (Å²) in [6.45, 7) is 4.06. The minimum atomic E-state index is -0.293. The molecule has 0 saturated carbocycles. The SMILES string of the molecule is CC(C)c1noc2cc(F)ccc12. The quantitative estimate of drug-likeness (QED) is 0.672. The molecule has 2 nitrogen and oxygen atoms in total. The first-order valence-corrected chi connectivity index (χ1v) is 4.23. The molecule has 1 heterocycles. The van der Waals surface area contributed by atoms with Crippen molar-refractivity contribution in [1.82, 2.24) is 5.16 Å². The van der Waals surface area contributed by atoms with Gasteiger partial charge in [-0.15, -0.1) is 0 Å². The molecule has 0 radical (unpaired) electrons. The average Bonchev–Trinajstić information content (AvgIpc) is 2.46. The predicted molar refractivity (Wildman–Crippen MR) is 48.1 cm³/mol. The zero-order valence-electron chi connectivity index (χ0n) is 7.54. The van der Waals surface area contributed by atoms with Crippen LogP contribution in [0.15, 0.2) is 22.7 Å². The average molecular weight is 179 g/mol. The summed E-state index contributed by atoms with van der Waals surface area (Å²) < 4.78 is 17.8. The lowest BCUT2D eigenvalue weighted by molar-refractivity contribution is 0.440. The fourth-order valence-electron chi connectivity index (χ4n) is 1.35. The highest BCUT2D eigenvalue weighted by Crippen LogP contribution is 2.24. The summed E-state index contributed by atoms with van der Waals surface area (Å²) in [6.07, 6.45) is 0. The van der Waals surface area contributed by atoms with E-state index in [4.69, 9.17) is 4.52 Å². The smallest absolute Gasteiger partial charge is 0.170 e. The summed E-state index contributed by atoms with van der Waals surface area (Å²) in [5.41, 5.74) is 1.40. The lowest BCUT2D eigenvalue weighted by atomic mass is 10.1. The van der Waals surface area contributed by atoms with E-state index in [-0.39, 0.29) is 5.82 Å². The van der Waals surface area contributed by atoms with Crippen LogP contribution in [-0.4, -0.2) is 5.16 Å². The van der Waals surface area contributed by atoms with E-state index in [0.717, 1.165) is 11.1 Å². The maximum absolute atomic E-state index is 12.8. The Hall–Kier alpha value is -1.38. The molecule has 2 aromatic rings. The van der Waals surface area contributed by atoms with Gasteiger partial charge >= 0.3 is 0 Å². The fourth-order valence-corrected chi connectivity index (χ4v) is 1.35. The number of nitrogens with zero attached hydrogens (tertiary/aromatic N) is 1. The van der Waals surface area contributed by atoms with Gasteiger partial charge < -0.3 is 4.52 Å². The van der Waals surface area contributed by atoms with Crippen molar-refractivity contribution < 1.29 is 8.91 Å². The Morgan fingerprint density at radius 3 is 2.85 bits per heavy atom. The Balaban J connectivity index is 2.69. The molecule has 0 atom stereocenters. The summed E-state index contributed by atoms with van der Waals surface area (Å²) in [7, 11) is 0. The van der Waals surface area contributed by atoms with Gasteiger partial charge in [-0.1, -0.05) is 19.0 Å². The number of hydrogen-bond donors (Lipinski definition) is 0. The van der Waals surface area contributed by atoms with Crippen LogP contribution in [0.4, 0.5) is 4.39 Å². The molecule has 0 aliphatic rings. The number of rotatable bonds is 1. The second kappa shape index (κ2) is 2.83. The number of hydrogen-bond acceptors (Lipinski definition) is 2. The third kappa shape index (κ3) is 1.30. The highest BCUT2D eigenvalue weighted by atomic mass is 19.1. The Morgan fingerprint density at radius 2 is 2.15 bits per heavy atom. The Morgan fingerprint density at radius 1 is 1.38 bits per heavy atom. The minimum absolute atomic E-state index is 0.293. The van der Waals surface area contributed by atoms with E-state index >= 15 is 0 Å². The summed E-state index contributed by atoms with van der Waals surface area (Å²) in [6, 6.07) is 4.48. The normalized spacial score (nSPS) is 11.4. The Bertz CT molecular complexity index is 433. The Kier molecular flexibility index (Phi) is 1.79. The van der Waals surface area contributed by atoms with Gasteiger partial charge in [0.2, 0.25) is 0 Å². The molecule has 0 aliphatic carbocycles. The monoisotopic (exact) mass is 179 g/mol. The molecular weight excluding hydrogens is 169 g/mol. The molecule has 13 heavy (non-hydrogen) atoms. The third-order valence-electron chi connectivity index (χ3n) is 2.01. The van der Waals surface area contributed by atoms with E-state index in [1.54, 1.807) is 6.07 Å². The van der Waals surface area contributed by atoms with E-state index in [2.05, 4.69) is 5.16 Å². The van der Waals surface area contributed by atoms with Gasteiger partial charge in [0.15, 0.2) is 5.58 Å². The second-order valence-corrected chi connectivity index (χ2v) is 3.36. The van der Waals surface area contributed by atoms with Gasteiger partial charge in [0.25, 0.3) is 0 Å². The van der Waals surface area contributed by atoms with E-state index in [0.29, 0.717) is 11.5 Å². The van der Waals surface area contributed by atoms with Gasteiger partial charge in [-0.3, -0.25) is 0 Å². The first kappa shape index (κ1) is 8.23. The standard InChI is InChI=1S/C10H10FNO/c1-6(2)10-8-4-3-7(11)5-9(8)13-12-10/h3-6H,1-2H3. The van der Waals surface area contributed by atoms with E-state index < -0.39 is 0 Å². The topological polar surface area (TPSA) is 26.0 Å². The molecular formula is C10H10FNO. The van der Waals surface area contributed by atoms with Gasteiger partial charge in [0.1, 0.15) is 5.82 Å². The van der Waals surface area contributed by atoms with Crippen LogP contribution in [0, 0.1) is 5.82 Å². The molecule has 0 amide bonds. The zero-order valence-corrected chi connectivity index (χ0v) is 7.54. The van der Waals surface area contributed by atoms with Gasteiger partial charge in [0, 0.05) is 11.5 Å². The Labute approximate surface area is 75.3 Å². The largest absolute Gasteiger partial charge is 0.356 e. The number of halogens is 1. The number of aromatic nitrogens is 1. The molecule has 0 aliphatic heterocycles. The highest BCUT2D eigenvalue weighted by molar-refractivity contribution is 5.79. The highest BCUT2D eigenvalue weighted by Gasteiger charge is 2.11. The number of fused-ring (bicyclic) bond motifs is 1. The van der Waals surface area contributed by atoms with Crippen LogP contribution in [0.3, 0.4) is 0 Å². The first-order valence-electron chi connectivity index (χ1n) is 4.23. The maximum Gasteiger partial charge on any atom is 0.170 e. The van der Waals surface area contributed by atoms with Crippen LogP contribution in [0.5, 0.6) is 0 Å². The number of benzene rings is 1. The summed E-state index contributed by atoms with van der Waals surface area (Å²) in [5, 5.41) is 4.79. The van der Waals surface area contributed by atoms with Crippen molar-refractivity contribution in [2.75, 3.05) is 0 Å². The lowest BCUT2D eigenvalue weighted by Crippen LogP contribution is -1.86. The predicted octanol–water partition coefficient (Wildman–Crippen LogP) is 3.09. The van der Waals surface area contributed by atoms with Crippen molar-refractivity contribution in [3.8, 4) is 0 Å². The van der Waals surface area contributed by atoms with E-state index in [9.17, 15) is 4.39 Å². The first-order chi connectivity index (χ1) is 6.18. The second-order valence-electron chi connectivity index (χ2n) is 3.36.